The van der Waals surface area contributed by atoms with E-state index in [9.17, 15) is 18.4 Å². The van der Waals surface area contributed by atoms with Gasteiger partial charge in [-0.05, 0) is 18.1 Å². The maximum atomic E-state index is 14.0. The van der Waals surface area contributed by atoms with Gasteiger partial charge in [-0.15, -0.1) is 10.2 Å². The molecule has 1 amide bonds. The normalized spacial score (nSPS) is 12.2. The molecule has 0 aliphatic carbocycles. The summed E-state index contributed by atoms with van der Waals surface area (Å²) in [6.45, 7) is 3.73. The van der Waals surface area contributed by atoms with Crippen molar-refractivity contribution >= 4 is 22.8 Å². The Morgan fingerprint density at radius 2 is 2.03 bits per heavy atom. The van der Waals surface area contributed by atoms with Crippen LogP contribution in [0.1, 0.15) is 37.9 Å². The van der Waals surface area contributed by atoms with Crippen molar-refractivity contribution < 1.29 is 13.6 Å². The summed E-state index contributed by atoms with van der Waals surface area (Å²) in [7, 11) is 0. The summed E-state index contributed by atoms with van der Waals surface area (Å²) in [5.74, 6) is -4.11. The van der Waals surface area contributed by atoms with Gasteiger partial charge in [-0.1, -0.05) is 13.8 Å². The zero-order chi connectivity index (χ0) is 21.6. The van der Waals surface area contributed by atoms with Gasteiger partial charge in [0, 0.05) is 18.7 Å². The third kappa shape index (κ3) is 3.40. The van der Waals surface area contributed by atoms with Crippen molar-refractivity contribution in [2.75, 3.05) is 5.32 Å². The van der Waals surface area contributed by atoms with Crippen LogP contribution in [0.2, 0.25) is 0 Å². The van der Waals surface area contributed by atoms with Gasteiger partial charge in [-0.25, -0.2) is 9.20 Å². The number of pyridine rings is 1. The number of hydrogen-bond donors (Lipinski definition) is 1. The Labute approximate surface area is 168 Å². The van der Waals surface area contributed by atoms with E-state index in [-0.39, 0.29) is 17.0 Å². The van der Waals surface area contributed by atoms with Crippen LogP contribution in [0.5, 0.6) is 0 Å². The first-order valence-electron chi connectivity index (χ1n) is 9.11. The van der Waals surface area contributed by atoms with Gasteiger partial charge in [-0.2, -0.15) is 19.0 Å². The Bertz CT molecular complexity index is 1320. The molecule has 0 saturated carbocycles. The van der Waals surface area contributed by atoms with Crippen LogP contribution in [0.15, 0.2) is 35.8 Å². The zero-order valence-corrected chi connectivity index (χ0v) is 16.4. The van der Waals surface area contributed by atoms with Crippen molar-refractivity contribution in [1.29, 1.82) is 0 Å². The molecule has 0 aliphatic rings. The number of rotatable bonds is 5. The minimum atomic E-state index is -3.22. The molecule has 0 atom stereocenters. The average molecular weight is 416 g/mol. The minimum absolute atomic E-state index is 0.0183. The first-order valence-corrected chi connectivity index (χ1v) is 9.11. The fraction of sp³-hybridized carbons (Fsp3) is 0.333. The van der Waals surface area contributed by atoms with Crippen LogP contribution in [0.3, 0.4) is 0 Å². The molecule has 156 valence electrons. The topological polar surface area (TPSA) is 111 Å². The number of halogens is 2. The summed E-state index contributed by atoms with van der Waals surface area (Å²) >= 11 is 0. The molecule has 0 saturated heterocycles. The molecule has 0 fully saturated rings. The van der Waals surface area contributed by atoms with Crippen LogP contribution >= 0.6 is 0 Å². The van der Waals surface area contributed by atoms with Gasteiger partial charge in [0.15, 0.2) is 5.65 Å². The second-order valence-electron chi connectivity index (χ2n) is 7.25. The quantitative estimate of drug-likeness (QED) is 0.531. The first kappa shape index (κ1) is 19.6. The monoisotopic (exact) mass is 416 g/mol. The molecule has 0 aliphatic heterocycles. The second-order valence-corrected chi connectivity index (χ2v) is 7.25. The summed E-state index contributed by atoms with van der Waals surface area (Å²) in [5.41, 5.74) is 0.0650. The van der Waals surface area contributed by atoms with Gasteiger partial charge < -0.3 is 5.32 Å². The Hall–Kier alpha value is -3.70. The molecular weight excluding hydrogens is 398 g/mol. The van der Waals surface area contributed by atoms with Gasteiger partial charge in [0.2, 0.25) is 5.91 Å². The molecule has 0 spiro atoms. The Morgan fingerprint density at radius 1 is 1.27 bits per heavy atom. The van der Waals surface area contributed by atoms with Crippen molar-refractivity contribution in [3.05, 3.63) is 52.6 Å². The van der Waals surface area contributed by atoms with Crippen LogP contribution < -0.4 is 10.9 Å². The van der Waals surface area contributed by atoms with Crippen LogP contribution in [0.4, 0.5) is 14.5 Å². The SMILES string of the molecule is CC(C)c1c(C(C)(F)F)nn2cnn(CC(=O)Nc3ccc4nncn4c3)c(=O)c12. The number of carbonyl (C=O) groups is 1. The number of aromatic nitrogens is 7. The molecule has 1 N–H and O–H groups in total. The lowest BCUT2D eigenvalue weighted by atomic mass is 9.99. The van der Waals surface area contributed by atoms with E-state index in [1.54, 1.807) is 36.6 Å². The summed E-state index contributed by atoms with van der Waals surface area (Å²) in [6.07, 6.45) is 4.25. The molecule has 4 heterocycles. The van der Waals surface area contributed by atoms with Gasteiger partial charge >= 0.3 is 0 Å². The Kier molecular flexibility index (Phi) is 4.56. The Balaban J connectivity index is 1.67. The molecule has 4 aromatic heterocycles. The summed E-state index contributed by atoms with van der Waals surface area (Å²) < 4.78 is 31.6. The molecule has 0 aromatic carbocycles. The average Bonchev–Trinajstić information content (AvgIpc) is 3.28. The molecule has 12 heteroatoms. The van der Waals surface area contributed by atoms with E-state index < -0.39 is 29.6 Å². The van der Waals surface area contributed by atoms with Crippen molar-refractivity contribution in [3.8, 4) is 0 Å². The number of fused-ring (bicyclic) bond motifs is 2. The predicted octanol–water partition coefficient (Wildman–Crippen LogP) is 1.81. The lowest BCUT2D eigenvalue weighted by Crippen LogP contribution is -2.31. The van der Waals surface area contributed by atoms with E-state index in [4.69, 9.17) is 0 Å². The van der Waals surface area contributed by atoms with Crippen LogP contribution in [0, 0.1) is 0 Å². The fourth-order valence-electron chi connectivity index (χ4n) is 3.25. The van der Waals surface area contributed by atoms with E-state index >= 15 is 0 Å². The number of alkyl halides is 2. The number of nitrogens with one attached hydrogen (secondary N) is 1. The lowest BCUT2D eigenvalue weighted by molar-refractivity contribution is -0.117. The van der Waals surface area contributed by atoms with E-state index in [1.807, 2.05) is 0 Å². The standard InChI is InChI=1S/C18H18F2N8O2/c1-10(2)14-15-17(30)27(22-9-28(15)25-16(14)18(3,19)20)7-13(29)23-11-4-5-12-24-21-8-26(12)6-11/h4-6,8-10H,7H2,1-3H3,(H,23,29). The van der Waals surface area contributed by atoms with Crippen molar-refractivity contribution in [3.63, 3.8) is 0 Å². The zero-order valence-electron chi connectivity index (χ0n) is 16.4. The van der Waals surface area contributed by atoms with Crippen molar-refractivity contribution in [2.45, 2.75) is 39.2 Å². The summed E-state index contributed by atoms with van der Waals surface area (Å²) in [4.78, 5) is 25.4. The second kappa shape index (κ2) is 6.97. The maximum absolute atomic E-state index is 14.0. The highest BCUT2D eigenvalue weighted by Gasteiger charge is 2.34. The third-order valence-electron chi connectivity index (χ3n) is 4.55. The molecule has 0 radical (unpaired) electrons. The molecule has 4 rings (SSSR count). The van der Waals surface area contributed by atoms with Gasteiger partial charge in [0.05, 0.1) is 5.69 Å². The molecule has 4 aromatic rings. The van der Waals surface area contributed by atoms with E-state index in [0.717, 1.165) is 22.4 Å². The highest BCUT2D eigenvalue weighted by atomic mass is 19.3. The summed E-state index contributed by atoms with van der Waals surface area (Å²) in [6, 6.07) is 3.32. The molecule has 0 unspecified atom stereocenters. The van der Waals surface area contributed by atoms with Crippen molar-refractivity contribution in [1.82, 2.24) is 34.0 Å². The van der Waals surface area contributed by atoms with Gasteiger partial charge in [-0.3, -0.25) is 14.0 Å². The molecular formula is C18H18F2N8O2. The van der Waals surface area contributed by atoms with Crippen LogP contribution in [0.25, 0.3) is 11.2 Å². The number of anilines is 1. The molecule has 10 nitrogen and oxygen atoms in total. The lowest BCUT2D eigenvalue weighted by Gasteiger charge is -2.12. The number of carbonyl (C=O) groups excluding carboxylic acids is 1. The highest BCUT2D eigenvalue weighted by Crippen LogP contribution is 2.34. The van der Waals surface area contributed by atoms with E-state index in [0.29, 0.717) is 11.3 Å². The van der Waals surface area contributed by atoms with E-state index in [2.05, 4.69) is 25.7 Å². The third-order valence-corrected chi connectivity index (χ3v) is 4.55. The van der Waals surface area contributed by atoms with Gasteiger partial charge in [0.1, 0.15) is 30.4 Å². The number of hydrogen-bond acceptors (Lipinski definition) is 6. The largest absolute Gasteiger partial charge is 0.323 e. The number of nitrogens with zero attached hydrogens (tertiary/aromatic N) is 7. The van der Waals surface area contributed by atoms with Crippen molar-refractivity contribution in [2.24, 2.45) is 0 Å². The van der Waals surface area contributed by atoms with Gasteiger partial charge in [0.25, 0.3) is 11.5 Å². The molecule has 30 heavy (non-hydrogen) atoms. The highest BCUT2D eigenvalue weighted by molar-refractivity contribution is 5.90. The smallest absolute Gasteiger partial charge is 0.293 e. The fourth-order valence-corrected chi connectivity index (χ4v) is 3.25. The molecule has 0 bridgehead atoms. The predicted molar refractivity (Wildman–Crippen MR) is 103 cm³/mol. The van der Waals surface area contributed by atoms with Crippen LogP contribution in [-0.2, 0) is 17.3 Å². The van der Waals surface area contributed by atoms with Crippen LogP contribution in [-0.4, -0.2) is 39.9 Å². The minimum Gasteiger partial charge on any atom is -0.323 e. The maximum Gasteiger partial charge on any atom is 0.293 e. The van der Waals surface area contributed by atoms with E-state index in [1.165, 1.54) is 6.33 Å². The first-order chi connectivity index (χ1) is 14.1. The Morgan fingerprint density at radius 3 is 2.73 bits per heavy atom. The summed E-state index contributed by atoms with van der Waals surface area (Å²) in [5, 5.41) is 18.0. The number of amides is 1.